The Balaban J connectivity index is 2.11. The maximum absolute atomic E-state index is 13.3. The van der Waals surface area contributed by atoms with Crippen molar-refractivity contribution in [3.05, 3.63) is 54.4 Å². The monoisotopic (exact) mass is 246 g/mol. The number of aromatic nitrogens is 2. The van der Waals surface area contributed by atoms with Gasteiger partial charge in [0.2, 0.25) is 0 Å². The molecule has 0 amide bonds. The average Bonchev–Trinajstić information content (AvgIpc) is 2.41. The standard InChI is InChI=1S/C13H11FN2O2/c14-12(6-9-17)10-2-4-11(5-3-10)18-13-15-7-1-8-16-13/h1-8,17H,9H2/b12-6-. The number of hydrogen-bond donors (Lipinski definition) is 1. The van der Waals surface area contributed by atoms with Crippen LogP contribution in [0.15, 0.2) is 48.8 Å². The molecule has 18 heavy (non-hydrogen) atoms. The van der Waals surface area contributed by atoms with Gasteiger partial charge in [0.05, 0.1) is 6.61 Å². The molecule has 0 atom stereocenters. The Bertz CT molecular complexity index is 526. The molecule has 92 valence electrons. The molecule has 1 aromatic heterocycles. The SMILES string of the molecule is OC/C=C(\F)c1ccc(Oc2ncccn2)cc1. The largest absolute Gasteiger partial charge is 0.424 e. The second kappa shape index (κ2) is 5.88. The highest BCUT2D eigenvalue weighted by Gasteiger charge is 2.02. The van der Waals surface area contributed by atoms with E-state index >= 15 is 0 Å². The van der Waals surface area contributed by atoms with E-state index in [0.29, 0.717) is 11.3 Å². The van der Waals surface area contributed by atoms with Gasteiger partial charge in [0.15, 0.2) is 0 Å². The molecule has 1 heterocycles. The maximum Gasteiger partial charge on any atom is 0.321 e. The summed E-state index contributed by atoms with van der Waals surface area (Å²) in [6.07, 6.45) is 4.23. The molecule has 0 aliphatic heterocycles. The van der Waals surface area contributed by atoms with Gasteiger partial charge in [0, 0.05) is 18.0 Å². The molecule has 0 radical (unpaired) electrons. The minimum Gasteiger partial charge on any atom is -0.424 e. The minimum atomic E-state index is -0.472. The topological polar surface area (TPSA) is 55.2 Å². The average molecular weight is 246 g/mol. The van der Waals surface area contributed by atoms with Crippen LogP contribution in [0, 0.1) is 0 Å². The van der Waals surface area contributed by atoms with Crippen LogP contribution in [0.1, 0.15) is 5.56 Å². The Morgan fingerprint density at radius 2 is 1.89 bits per heavy atom. The Hall–Kier alpha value is -2.27. The summed E-state index contributed by atoms with van der Waals surface area (Å²) in [4.78, 5) is 7.82. The first kappa shape index (κ1) is 12.2. The van der Waals surface area contributed by atoms with Crippen LogP contribution in [-0.4, -0.2) is 21.7 Å². The zero-order valence-corrected chi connectivity index (χ0v) is 9.45. The number of aliphatic hydroxyl groups is 1. The van der Waals surface area contributed by atoms with Crippen LogP contribution >= 0.6 is 0 Å². The summed E-state index contributed by atoms with van der Waals surface area (Å²) in [6.45, 7) is -0.331. The molecule has 5 heteroatoms. The van der Waals surface area contributed by atoms with Gasteiger partial charge in [-0.2, -0.15) is 0 Å². The summed E-state index contributed by atoms with van der Waals surface area (Å²) in [5, 5.41) is 8.59. The molecule has 0 unspecified atom stereocenters. The van der Waals surface area contributed by atoms with Gasteiger partial charge in [0.1, 0.15) is 11.6 Å². The first-order chi connectivity index (χ1) is 8.79. The Morgan fingerprint density at radius 1 is 1.22 bits per heavy atom. The summed E-state index contributed by atoms with van der Waals surface area (Å²) >= 11 is 0. The second-order valence-electron chi connectivity index (χ2n) is 3.39. The van der Waals surface area contributed by atoms with E-state index in [1.54, 1.807) is 42.7 Å². The van der Waals surface area contributed by atoms with Gasteiger partial charge in [-0.3, -0.25) is 0 Å². The van der Waals surface area contributed by atoms with E-state index in [2.05, 4.69) is 9.97 Å². The molecule has 0 aliphatic rings. The number of nitrogens with zero attached hydrogens (tertiary/aromatic N) is 2. The molecule has 0 spiro atoms. The fourth-order valence-corrected chi connectivity index (χ4v) is 1.32. The first-order valence-electron chi connectivity index (χ1n) is 5.31. The van der Waals surface area contributed by atoms with Crippen LogP contribution in [0.2, 0.25) is 0 Å². The predicted octanol–water partition coefficient (Wildman–Crippen LogP) is 2.57. The van der Waals surface area contributed by atoms with E-state index in [-0.39, 0.29) is 12.6 Å². The molecular weight excluding hydrogens is 235 g/mol. The quantitative estimate of drug-likeness (QED) is 0.900. The van der Waals surface area contributed by atoms with Crippen molar-refractivity contribution in [1.82, 2.24) is 9.97 Å². The fourth-order valence-electron chi connectivity index (χ4n) is 1.32. The van der Waals surface area contributed by atoms with Crippen LogP contribution in [0.25, 0.3) is 5.83 Å². The molecule has 0 bridgehead atoms. The molecule has 2 rings (SSSR count). The van der Waals surface area contributed by atoms with Gasteiger partial charge in [-0.1, -0.05) is 0 Å². The highest BCUT2D eigenvalue weighted by atomic mass is 19.1. The number of halogens is 1. The molecule has 1 aromatic carbocycles. The zero-order chi connectivity index (χ0) is 12.8. The lowest BCUT2D eigenvalue weighted by Crippen LogP contribution is -1.90. The lowest BCUT2D eigenvalue weighted by molar-refractivity contribution is 0.342. The fraction of sp³-hybridized carbons (Fsp3) is 0.0769. The van der Waals surface area contributed by atoms with Crippen LogP contribution in [0.4, 0.5) is 4.39 Å². The number of ether oxygens (including phenoxy) is 1. The highest BCUT2D eigenvalue weighted by Crippen LogP contribution is 2.21. The van der Waals surface area contributed by atoms with Gasteiger partial charge < -0.3 is 9.84 Å². The Kier molecular flexibility index (Phi) is 3.98. The van der Waals surface area contributed by atoms with Crippen LogP contribution in [0.5, 0.6) is 11.8 Å². The van der Waals surface area contributed by atoms with E-state index in [0.717, 1.165) is 6.08 Å². The predicted molar refractivity (Wildman–Crippen MR) is 64.7 cm³/mol. The van der Waals surface area contributed by atoms with Crippen molar-refractivity contribution in [2.24, 2.45) is 0 Å². The van der Waals surface area contributed by atoms with E-state index in [9.17, 15) is 4.39 Å². The van der Waals surface area contributed by atoms with Gasteiger partial charge >= 0.3 is 6.01 Å². The Labute approximate surface area is 103 Å². The van der Waals surface area contributed by atoms with Crippen molar-refractivity contribution in [3.63, 3.8) is 0 Å². The molecule has 4 nitrogen and oxygen atoms in total. The van der Waals surface area contributed by atoms with Crippen molar-refractivity contribution in [2.75, 3.05) is 6.61 Å². The molecule has 0 fully saturated rings. The summed E-state index contributed by atoms with van der Waals surface area (Å²) in [6, 6.07) is 8.24. The van der Waals surface area contributed by atoms with Gasteiger partial charge in [0.25, 0.3) is 0 Å². The van der Waals surface area contributed by atoms with Gasteiger partial charge in [-0.25, -0.2) is 14.4 Å². The smallest absolute Gasteiger partial charge is 0.321 e. The molecular formula is C13H11FN2O2. The minimum absolute atomic E-state index is 0.233. The second-order valence-corrected chi connectivity index (χ2v) is 3.39. The van der Waals surface area contributed by atoms with Crippen LogP contribution < -0.4 is 4.74 Å². The first-order valence-corrected chi connectivity index (χ1v) is 5.31. The summed E-state index contributed by atoms with van der Waals surface area (Å²) in [5.41, 5.74) is 0.380. The van der Waals surface area contributed by atoms with Crippen molar-refractivity contribution < 1.29 is 14.2 Å². The third kappa shape index (κ3) is 3.11. The number of benzene rings is 1. The van der Waals surface area contributed by atoms with E-state index in [1.807, 2.05) is 0 Å². The normalized spacial score (nSPS) is 11.3. The highest BCUT2D eigenvalue weighted by molar-refractivity contribution is 5.59. The molecule has 0 aliphatic carbocycles. The number of aliphatic hydroxyl groups excluding tert-OH is 1. The van der Waals surface area contributed by atoms with Crippen molar-refractivity contribution in [3.8, 4) is 11.8 Å². The molecule has 2 aromatic rings. The van der Waals surface area contributed by atoms with Gasteiger partial charge in [-0.05, 0) is 36.4 Å². The van der Waals surface area contributed by atoms with E-state index in [1.165, 1.54) is 0 Å². The molecule has 1 N–H and O–H groups in total. The maximum atomic E-state index is 13.3. The third-order valence-corrected chi connectivity index (χ3v) is 2.15. The lowest BCUT2D eigenvalue weighted by Gasteiger charge is -2.03. The molecule has 0 saturated carbocycles. The lowest BCUT2D eigenvalue weighted by atomic mass is 10.2. The molecule has 0 saturated heterocycles. The zero-order valence-electron chi connectivity index (χ0n) is 9.45. The van der Waals surface area contributed by atoms with E-state index in [4.69, 9.17) is 9.84 Å². The summed E-state index contributed by atoms with van der Waals surface area (Å²) < 4.78 is 18.7. The Morgan fingerprint density at radius 3 is 2.50 bits per heavy atom. The van der Waals surface area contributed by atoms with Crippen molar-refractivity contribution >= 4 is 5.83 Å². The van der Waals surface area contributed by atoms with Crippen molar-refractivity contribution in [1.29, 1.82) is 0 Å². The van der Waals surface area contributed by atoms with Crippen LogP contribution in [0.3, 0.4) is 0 Å². The summed E-state index contributed by atoms with van der Waals surface area (Å²) in [7, 11) is 0. The van der Waals surface area contributed by atoms with Gasteiger partial charge in [-0.15, -0.1) is 0 Å². The number of hydrogen-bond acceptors (Lipinski definition) is 4. The van der Waals surface area contributed by atoms with Crippen LogP contribution in [-0.2, 0) is 0 Å². The van der Waals surface area contributed by atoms with E-state index < -0.39 is 5.83 Å². The third-order valence-electron chi connectivity index (χ3n) is 2.15. The summed E-state index contributed by atoms with van der Waals surface area (Å²) in [5.74, 6) is 0.0433. The number of rotatable bonds is 4. The van der Waals surface area contributed by atoms with Crippen molar-refractivity contribution in [2.45, 2.75) is 0 Å².